The molecule has 1 aromatic carbocycles. The molecular weight excluding hydrogens is 290 g/mol. The summed E-state index contributed by atoms with van der Waals surface area (Å²) in [7, 11) is 0. The van der Waals surface area contributed by atoms with Gasteiger partial charge < -0.3 is 9.52 Å². The van der Waals surface area contributed by atoms with Crippen molar-refractivity contribution in [3.63, 3.8) is 0 Å². The smallest absolute Gasteiger partial charge is 0.339 e. The van der Waals surface area contributed by atoms with Gasteiger partial charge in [-0.25, -0.2) is 4.79 Å². The summed E-state index contributed by atoms with van der Waals surface area (Å²) in [6, 6.07) is 3.57. The lowest BCUT2D eigenvalue weighted by atomic mass is 9.98. The molecular formula is C19H25NO3. The first-order chi connectivity index (χ1) is 11.0. The second-order valence-electron chi connectivity index (χ2n) is 6.77. The lowest BCUT2D eigenvalue weighted by molar-refractivity contribution is 0.175. The number of phenols is 1. The molecule has 4 nitrogen and oxygen atoms in total. The van der Waals surface area contributed by atoms with E-state index in [4.69, 9.17) is 4.42 Å². The average molecular weight is 315 g/mol. The Kier molecular flexibility index (Phi) is 4.44. The molecule has 1 aromatic heterocycles. The summed E-state index contributed by atoms with van der Waals surface area (Å²) in [5, 5.41) is 11.3. The molecule has 1 aliphatic heterocycles. The Balaban J connectivity index is 2.09. The number of likely N-dealkylation sites (tertiary alicyclic amines) is 1. The SMILES string of the molecule is CCc1c(C)c2ccc(O)c(CN3CCC[C@@H](C)C3)c2oc1=O. The second kappa shape index (κ2) is 6.36. The molecule has 124 valence electrons. The van der Waals surface area contributed by atoms with Crippen LogP contribution in [0.4, 0.5) is 0 Å². The van der Waals surface area contributed by atoms with E-state index in [1.165, 1.54) is 12.8 Å². The van der Waals surface area contributed by atoms with Crippen LogP contribution in [0.15, 0.2) is 21.3 Å². The van der Waals surface area contributed by atoms with E-state index in [9.17, 15) is 9.90 Å². The third-order valence-electron chi connectivity index (χ3n) is 5.01. The van der Waals surface area contributed by atoms with Crippen molar-refractivity contribution in [2.24, 2.45) is 5.92 Å². The molecule has 1 aliphatic rings. The van der Waals surface area contributed by atoms with Gasteiger partial charge in [0.15, 0.2) is 0 Å². The van der Waals surface area contributed by atoms with Gasteiger partial charge in [0.25, 0.3) is 0 Å². The minimum Gasteiger partial charge on any atom is -0.507 e. The zero-order valence-electron chi connectivity index (χ0n) is 14.2. The van der Waals surface area contributed by atoms with Gasteiger partial charge in [-0.2, -0.15) is 0 Å². The molecule has 4 heteroatoms. The van der Waals surface area contributed by atoms with E-state index in [0.717, 1.165) is 35.2 Å². The summed E-state index contributed by atoms with van der Waals surface area (Å²) in [5.74, 6) is 0.879. The van der Waals surface area contributed by atoms with Crippen molar-refractivity contribution in [2.45, 2.75) is 46.6 Å². The van der Waals surface area contributed by atoms with Crippen LogP contribution in [-0.2, 0) is 13.0 Å². The van der Waals surface area contributed by atoms with Crippen LogP contribution in [0.5, 0.6) is 5.75 Å². The molecule has 1 N–H and O–H groups in total. The van der Waals surface area contributed by atoms with Gasteiger partial charge >= 0.3 is 5.63 Å². The molecule has 23 heavy (non-hydrogen) atoms. The van der Waals surface area contributed by atoms with Crippen molar-refractivity contribution in [1.82, 2.24) is 4.90 Å². The second-order valence-corrected chi connectivity index (χ2v) is 6.77. The number of fused-ring (bicyclic) bond motifs is 1. The maximum Gasteiger partial charge on any atom is 0.339 e. The summed E-state index contributed by atoms with van der Waals surface area (Å²) >= 11 is 0. The first-order valence-corrected chi connectivity index (χ1v) is 8.50. The number of benzene rings is 1. The zero-order chi connectivity index (χ0) is 16.6. The summed E-state index contributed by atoms with van der Waals surface area (Å²) in [6.45, 7) is 8.85. The molecule has 2 heterocycles. The van der Waals surface area contributed by atoms with Crippen molar-refractivity contribution >= 4 is 11.0 Å². The first kappa shape index (κ1) is 16.1. The fourth-order valence-corrected chi connectivity index (χ4v) is 3.72. The van der Waals surface area contributed by atoms with Crippen LogP contribution in [0.1, 0.15) is 43.4 Å². The highest BCUT2D eigenvalue weighted by molar-refractivity contribution is 5.85. The van der Waals surface area contributed by atoms with Crippen LogP contribution < -0.4 is 5.63 Å². The van der Waals surface area contributed by atoms with E-state index in [0.29, 0.717) is 24.5 Å². The Morgan fingerprint density at radius 3 is 2.83 bits per heavy atom. The fourth-order valence-electron chi connectivity index (χ4n) is 3.72. The molecule has 0 amide bonds. The highest BCUT2D eigenvalue weighted by atomic mass is 16.4. The lowest BCUT2D eigenvalue weighted by Gasteiger charge is -2.31. The number of phenolic OH excluding ortho intramolecular Hbond substituents is 1. The minimum absolute atomic E-state index is 0.211. The summed E-state index contributed by atoms with van der Waals surface area (Å²) in [6.07, 6.45) is 3.09. The standard InChI is InChI=1S/C19H25NO3/c1-4-14-13(3)15-7-8-17(21)16(18(15)23-19(14)22)11-20-9-5-6-12(2)10-20/h7-8,12,21H,4-6,9-11H2,1-3H3/t12-/m1/s1. The molecule has 0 aliphatic carbocycles. The molecule has 0 radical (unpaired) electrons. The maximum absolute atomic E-state index is 12.2. The third-order valence-corrected chi connectivity index (χ3v) is 5.01. The molecule has 0 unspecified atom stereocenters. The highest BCUT2D eigenvalue weighted by Gasteiger charge is 2.21. The highest BCUT2D eigenvalue weighted by Crippen LogP contribution is 2.31. The van der Waals surface area contributed by atoms with E-state index in [1.807, 2.05) is 19.9 Å². The number of aromatic hydroxyl groups is 1. The Hall–Kier alpha value is -1.81. The van der Waals surface area contributed by atoms with Gasteiger partial charge in [-0.05, 0) is 56.3 Å². The van der Waals surface area contributed by atoms with Gasteiger partial charge in [-0.3, -0.25) is 4.90 Å². The van der Waals surface area contributed by atoms with E-state index in [1.54, 1.807) is 6.07 Å². The maximum atomic E-state index is 12.2. The number of hydrogen-bond donors (Lipinski definition) is 1. The minimum atomic E-state index is -0.281. The van der Waals surface area contributed by atoms with Crippen molar-refractivity contribution in [1.29, 1.82) is 0 Å². The quantitative estimate of drug-likeness (QED) is 0.879. The van der Waals surface area contributed by atoms with Crippen molar-refractivity contribution in [3.8, 4) is 5.75 Å². The molecule has 0 saturated carbocycles. The van der Waals surface area contributed by atoms with Gasteiger partial charge in [0.05, 0.1) is 5.56 Å². The monoisotopic (exact) mass is 315 g/mol. The lowest BCUT2D eigenvalue weighted by Crippen LogP contribution is -2.33. The summed E-state index contributed by atoms with van der Waals surface area (Å²) in [4.78, 5) is 14.6. The summed E-state index contributed by atoms with van der Waals surface area (Å²) < 4.78 is 5.60. The predicted molar refractivity (Wildman–Crippen MR) is 91.9 cm³/mol. The van der Waals surface area contributed by atoms with Gasteiger partial charge in [-0.1, -0.05) is 13.8 Å². The Labute approximate surface area is 136 Å². The van der Waals surface area contributed by atoms with Crippen molar-refractivity contribution < 1.29 is 9.52 Å². The van der Waals surface area contributed by atoms with Crippen LogP contribution >= 0.6 is 0 Å². The Morgan fingerprint density at radius 1 is 1.35 bits per heavy atom. The van der Waals surface area contributed by atoms with Gasteiger partial charge in [0, 0.05) is 24.0 Å². The number of hydrogen-bond acceptors (Lipinski definition) is 4. The first-order valence-electron chi connectivity index (χ1n) is 8.50. The number of nitrogens with zero attached hydrogens (tertiary/aromatic N) is 1. The molecule has 2 aromatic rings. The number of piperidine rings is 1. The molecule has 1 saturated heterocycles. The van der Waals surface area contributed by atoms with Crippen molar-refractivity contribution in [2.75, 3.05) is 13.1 Å². The van der Waals surface area contributed by atoms with Crippen LogP contribution in [0.3, 0.4) is 0 Å². The normalized spacial score (nSPS) is 19.3. The molecule has 1 atom stereocenters. The van der Waals surface area contributed by atoms with E-state index < -0.39 is 0 Å². The average Bonchev–Trinajstić information content (AvgIpc) is 2.51. The van der Waals surface area contributed by atoms with Crippen LogP contribution in [0.25, 0.3) is 11.0 Å². The predicted octanol–water partition coefficient (Wildman–Crippen LogP) is 3.60. The number of aryl methyl sites for hydroxylation is 1. The summed E-state index contributed by atoms with van der Waals surface area (Å²) in [5.41, 5.74) is 2.69. The van der Waals surface area contributed by atoms with Crippen LogP contribution in [0, 0.1) is 12.8 Å². The molecule has 0 bridgehead atoms. The third kappa shape index (κ3) is 3.00. The Morgan fingerprint density at radius 2 is 2.13 bits per heavy atom. The van der Waals surface area contributed by atoms with E-state index >= 15 is 0 Å². The van der Waals surface area contributed by atoms with Gasteiger partial charge in [0.2, 0.25) is 0 Å². The van der Waals surface area contributed by atoms with Gasteiger partial charge in [0.1, 0.15) is 11.3 Å². The van der Waals surface area contributed by atoms with Crippen LogP contribution in [0.2, 0.25) is 0 Å². The molecule has 0 spiro atoms. The Bertz CT molecular complexity index is 778. The largest absolute Gasteiger partial charge is 0.507 e. The fraction of sp³-hybridized carbons (Fsp3) is 0.526. The van der Waals surface area contributed by atoms with E-state index in [2.05, 4.69) is 11.8 Å². The number of rotatable bonds is 3. The van der Waals surface area contributed by atoms with Crippen LogP contribution in [-0.4, -0.2) is 23.1 Å². The molecule has 1 fully saturated rings. The van der Waals surface area contributed by atoms with Crippen molar-refractivity contribution in [3.05, 3.63) is 39.2 Å². The topological polar surface area (TPSA) is 53.7 Å². The van der Waals surface area contributed by atoms with Gasteiger partial charge in [-0.15, -0.1) is 0 Å². The van der Waals surface area contributed by atoms with E-state index in [-0.39, 0.29) is 11.4 Å². The molecule has 3 rings (SSSR count). The zero-order valence-corrected chi connectivity index (χ0v) is 14.2.